The highest BCUT2D eigenvalue weighted by molar-refractivity contribution is 9.10. The number of thiophene rings is 1. The predicted molar refractivity (Wildman–Crippen MR) is 88.7 cm³/mol. The topological polar surface area (TPSA) is 37.6 Å². The summed E-state index contributed by atoms with van der Waals surface area (Å²) in [4.78, 5) is 18.8. The fourth-order valence-corrected chi connectivity index (χ4v) is 3.23. The Morgan fingerprint density at radius 2 is 2.19 bits per heavy atom. The Labute approximate surface area is 134 Å². The Morgan fingerprint density at radius 1 is 1.33 bits per heavy atom. The molecule has 0 bridgehead atoms. The number of rotatable bonds is 4. The van der Waals surface area contributed by atoms with Crippen LogP contribution in [0.3, 0.4) is 0 Å². The van der Waals surface area contributed by atoms with E-state index in [4.69, 9.17) is 0 Å². The highest BCUT2D eigenvalue weighted by Crippen LogP contribution is 2.12. The molecule has 0 unspecified atom stereocenters. The number of aromatic nitrogens is 2. The third kappa shape index (κ3) is 3.40. The van der Waals surface area contributed by atoms with Crippen LogP contribution in [0.2, 0.25) is 0 Å². The molecule has 0 aliphatic rings. The standard InChI is InChI=1S/C15H14BrN3OS/c1-18(7-11-4-5-21-10-11)9-13-6-15(20)19-8-12(16)2-3-14(19)17-13/h2-6,8,10H,7,9H2,1H3. The maximum Gasteiger partial charge on any atom is 0.258 e. The van der Waals surface area contributed by atoms with E-state index < -0.39 is 0 Å². The molecule has 3 rings (SSSR count). The molecule has 0 radical (unpaired) electrons. The third-order valence-corrected chi connectivity index (χ3v) is 4.34. The van der Waals surface area contributed by atoms with Crippen LogP contribution >= 0.6 is 27.3 Å². The van der Waals surface area contributed by atoms with E-state index in [2.05, 4.69) is 42.6 Å². The van der Waals surface area contributed by atoms with Gasteiger partial charge >= 0.3 is 0 Å². The monoisotopic (exact) mass is 363 g/mol. The molecule has 0 fully saturated rings. The Morgan fingerprint density at radius 3 is 2.95 bits per heavy atom. The summed E-state index contributed by atoms with van der Waals surface area (Å²) in [6.07, 6.45) is 1.74. The average molecular weight is 364 g/mol. The third-order valence-electron chi connectivity index (χ3n) is 3.14. The fraction of sp³-hybridized carbons (Fsp3) is 0.200. The van der Waals surface area contributed by atoms with Crippen molar-refractivity contribution in [1.29, 1.82) is 0 Å². The van der Waals surface area contributed by atoms with Crippen LogP contribution in [-0.2, 0) is 13.1 Å². The summed E-state index contributed by atoms with van der Waals surface area (Å²) in [5.74, 6) is 0. The second-order valence-corrected chi connectivity index (χ2v) is 6.66. The molecule has 0 saturated heterocycles. The van der Waals surface area contributed by atoms with Crippen LogP contribution in [0.4, 0.5) is 0 Å². The molecule has 21 heavy (non-hydrogen) atoms. The zero-order valence-corrected chi connectivity index (χ0v) is 13.9. The first-order valence-corrected chi connectivity index (χ1v) is 8.23. The van der Waals surface area contributed by atoms with Gasteiger partial charge in [-0.15, -0.1) is 0 Å². The highest BCUT2D eigenvalue weighted by atomic mass is 79.9. The molecule has 0 spiro atoms. The fourth-order valence-electron chi connectivity index (χ4n) is 2.23. The second-order valence-electron chi connectivity index (χ2n) is 4.97. The zero-order chi connectivity index (χ0) is 14.8. The number of pyridine rings is 1. The van der Waals surface area contributed by atoms with Gasteiger partial charge in [-0.1, -0.05) is 0 Å². The van der Waals surface area contributed by atoms with Crippen LogP contribution in [0, 0.1) is 0 Å². The van der Waals surface area contributed by atoms with E-state index in [0.717, 1.165) is 16.7 Å². The van der Waals surface area contributed by atoms with Crippen molar-refractivity contribution in [3.8, 4) is 0 Å². The molecule has 0 aliphatic carbocycles. The lowest BCUT2D eigenvalue weighted by Crippen LogP contribution is -2.21. The molecular formula is C15H14BrN3OS. The van der Waals surface area contributed by atoms with E-state index in [1.54, 1.807) is 28.0 Å². The van der Waals surface area contributed by atoms with E-state index in [1.165, 1.54) is 5.56 Å². The molecule has 108 valence electrons. The molecule has 3 aromatic heterocycles. The highest BCUT2D eigenvalue weighted by Gasteiger charge is 2.07. The van der Waals surface area contributed by atoms with Crippen molar-refractivity contribution in [2.75, 3.05) is 7.05 Å². The minimum Gasteiger partial charge on any atom is -0.296 e. The summed E-state index contributed by atoms with van der Waals surface area (Å²) < 4.78 is 2.41. The SMILES string of the molecule is CN(Cc1ccsc1)Cc1cc(=O)n2cc(Br)ccc2n1. The summed E-state index contributed by atoms with van der Waals surface area (Å²) >= 11 is 5.06. The van der Waals surface area contributed by atoms with Crippen LogP contribution in [-0.4, -0.2) is 21.3 Å². The summed E-state index contributed by atoms with van der Waals surface area (Å²) in [6, 6.07) is 7.44. The van der Waals surface area contributed by atoms with E-state index in [1.807, 2.05) is 19.2 Å². The van der Waals surface area contributed by atoms with Crippen molar-refractivity contribution in [3.05, 3.63) is 67.3 Å². The number of halogens is 1. The zero-order valence-electron chi connectivity index (χ0n) is 11.5. The molecule has 0 N–H and O–H groups in total. The summed E-state index contributed by atoms with van der Waals surface area (Å²) in [6.45, 7) is 1.50. The summed E-state index contributed by atoms with van der Waals surface area (Å²) in [7, 11) is 2.03. The van der Waals surface area contributed by atoms with Gasteiger partial charge in [0.2, 0.25) is 0 Å². The molecule has 6 heteroatoms. The lowest BCUT2D eigenvalue weighted by Gasteiger charge is -2.15. The lowest BCUT2D eigenvalue weighted by atomic mass is 10.3. The minimum absolute atomic E-state index is 0.0553. The van der Waals surface area contributed by atoms with Crippen LogP contribution in [0.1, 0.15) is 11.3 Å². The first-order chi connectivity index (χ1) is 10.1. The van der Waals surface area contributed by atoms with E-state index >= 15 is 0 Å². The van der Waals surface area contributed by atoms with Gasteiger partial charge in [0.1, 0.15) is 5.65 Å². The molecule has 0 saturated carbocycles. The first kappa shape index (κ1) is 14.4. The van der Waals surface area contributed by atoms with Gasteiger partial charge in [-0.25, -0.2) is 4.98 Å². The van der Waals surface area contributed by atoms with Gasteiger partial charge in [0.15, 0.2) is 0 Å². The van der Waals surface area contributed by atoms with E-state index in [9.17, 15) is 4.79 Å². The van der Waals surface area contributed by atoms with Crippen molar-refractivity contribution >= 4 is 32.9 Å². The van der Waals surface area contributed by atoms with Gasteiger partial charge in [0, 0.05) is 29.8 Å². The molecular weight excluding hydrogens is 350 g/mol. The van der Waals surface area contributed by atoms with Crippen LogP contribution < -0.4 is 5.56 Å². The van der Waals surface area contributed by atoms with Crippen molar-refractivity contribution < 1.29 is 0 Å². The van der Waals surface area contributed by atoms with Crippen molar-refractivity contribution in [2.24, 2.45) is 0 Å². The quantitative estimate of drug-likeness (QED) is 0.714. The molecule has 0 amide bonds. The molecule has 3 heterocycles. The Hall–Kier alpha value is -1.50. The number of fused-ring (bicyclic) bond motifs is 1. The van der Waals surface area contributed by atoms with Gasteiger partial charge in [-0.05, 0) is 57.5 Å². The van der Waals surface area contributed by atoms with Gasteiger partial charge in [-0.2, -0.15) is 11.3 Å². The predicted octanol–water partition coefficient (Wildman–Crippen LogP) is 3.15. The normalized spacial score (nSPS) is 11.4. The van der Waals surface area contributed by atoms with Crippen molar-refractivity contribution in [1.82, 2.24) is 14.3 Å². The molecule has 0 aliphatic heterocycles. The second kappa shape index (κ2) is 6.09. The van der Waals surface area contributed by atoms with Crippen LogP contribution in [0.25, 0.3) is 5.65 Å². The lowest BCUT2D eigenvalue weighted by molar-refractivity contribution is 0.315. The smallest absolute Gasteiger partial charge is 0.258 e. The number of hydrogen-bond acceptors (Lipinski definition) is 4. The Bertz CT molecular complexity index is 813. The van der Waals surface area contributed by atoms with Crippen LogP contribution in [0.15, 0.2) is 50.5 Å². The number of nitrogens with zero attached hydrogens (tertiary/aromatic N) is 3. The van der Waals surface area contributed by atoms with E-state index in [0.29, 0.717) is 12.2 Å². The molecule has 4 nitrogen and oxygen atoms in total. The minimum atomic E-state index is -0.0553. The van der Waals surface area contributed by atoms with E-state index in [-0.39, 0.29) is 5.56 Å². The van der Waals surface area contributed by atoms with Gasteiger partial charge in [0.05, 0.1) is 5.69 Å². The summed E-state index contributed by atoms with van der Waals surface area (Å²) in [5.41, 5.74) is 2.69. The molecule has 0 aromatic carbocycles. The van der Waals surface area contributed by atoms with Crippen molar-refractivity contribution in [2.45, 2.75) is 13.1 Å². The average Bonchev–Trinajstić information content (AvgIpc) is 2.92. The molecule has 0 atom stereocenters. The summed E-state index contributed by atoms with van der Waals surface area (Å²) in [5, 5.41) is 4.21. The Kier molecular flexibility index (Phi) is 4.19. The van der Waals surface area contributed by atoms with Crippen LogP contribution in [0.5, 0.6) is 0 Å². The van der Waals surface area contributed by atoms with Gasteiger partial charge < -0.3 is 0 Å². The maximum atomic E-state index is 12.1. The molecule has 3 aromatic rings. The largest absolute Gasteiger partial charge is 0.296 e. The maximum absolute atomic E-state index is 12.1. The Balaban J connectivity index is 1.84. The van der Waals surface area contributed by atoms with Gasteiger partial charge in [-0.3, -0.25) is 14.1 Å². The van der Waals surface area contributed by atoms with Gasteiger partial charge in [0.25, 0.3) is 5.56 Å². The number of hydrogen-bond donors (Lipinski definition) is 0. The first-order valence-electron chi connectivity index (χ1n) is 6.49. The van der Waals surface area contributed by atoms with Crippen molar-refractivity contribution in [3.63, 3.8) is 0 Å².